The van der Waals surface area contributed by atoms with Crippen LogP contribution in [-0.2, 0) is 9.31 Å². The van der Waals surface area contributed by atoms with Gasteiger partial charge in [-0.3, -0.25) is 0 Å². The first kappa shape index (κ1) is 13.8. The summed E-state index contributed by atoms with van der Waals surface area (Å²) >= 11 is 0. The van der Waals surface area contributed by atoms with Crippen molar-refractivity contribution in [2.45, 2.75) is 52.0 Å². The molecule has 1 saturated heterocycles. The van der Waals surface area contributed by atoms with Gasteiger partial charge in [-0.25, -0.2) is 0 Å². The van der Waals surface area contributed by atoms with Crippen LogP contribution in [0.1, 0.15) is 27.7 Å². The van der Waals surface area contributed by atoms with E-state index in [2.05, 4.69) is 65.1 Å². The molecular weight excluding hydrogens is 239 g/mol. The molecule has 0 spiro atoms. The van der Waals surface area contributed by atoms with Crippen molar-refractivity contribution in [3.8, 4) is 0 Å². The lowest BCUT2D eigenvalue weighted by Gasteiger charge is -2.32. The molecule has 1 aromatic carbocycles. The van der Waals surface area contributed by atoms with Gasteiger partial charge in [-0.2, -0.15) is 0 Å². The van der Waals surface area contributed by atoms with E-state index in [4.69, 9.17) is 9.31 Å². The summed E-state index contributed by atoms with van der Waals surface area (Å²) in [5.41, 5.74) is 0.699. The van der Waals surface area contributed by atoms with Gasteiger partial charge in [-0.05, 0) is 33.2 Å². The molecule has 1 heterocycles. The SMILES string of the molecule is C[SiH](C)c1ccccc1B1OC(C)(C)C(C)(C)O1. The van der Waals surface area contributed by atoms with Crippen LogP contribution in [0.3, 0.4) is 0 Å². The van der Waals surface area contributed by atoms with Gasteiger partial charge in [0, 0.05) is 0 Å². The monoisotopic (exact) mass is 262 g/mol. The van der Waals surface area contributed by atoms with E-state index in [1.807, 2.05) is 0 Å². The van der Waals surface area contributed by atoms with E-state index in [9.17, 15) is 0 Å². The standard InChI is InChI=1S/C14H23BO2Si/c1-13(2)14(3,4)17-15(16-13)11-9-7-8-10-12(11)18(5)6/h7-10,18H,1-6H3. The molecule has 2 rings (SSSR count). The van der Waals surface area contributed by atoms with Gasteiger partial charge in [0.05, 0.1) is 20.0 Å². The normalized spacial score (nSPS) is 21.6. The summed E-state index contributed by atoms with van der Waals surface area (Å²) in [4.78, 5) is 0. The molecule has 0 saturated carbocycles. The summed E-state index contributed by atoms with van der Waals surface area (Å²) < 4.78 is 12.3. The first-order chi connectivity index (χ1) is 8.24. The molecule has 1 fully saturated rings. The van der Waals surface area contributed by atoms with Crippen molar-refractivity contribution in [2.75, 3.05) is 0 Å². The Bertz CT molecular complexity index is 427. The fourth-order valence-corrected chi connectivity index (χ4v) is 3.62. The summed E-state index contributed by atoms with van der Waals surface area (Å²) in [6.45, 7) is 13.1. The van der Waals surface area contributed by atoms with Crippen LogP contribution in [-0.4, -0.2) is 27.1 Å². The number of benzene rings is 1. The van der Waals surface area contributed by atoms with Gasteiger partial charge < -0.3 is 9.31 Å². The topological polar surface area (TPSA) is 18.5 Å². The third kappa shape index (κ3) is 2.29. The van der Waals surface area contributed by atoms with Crippen LogP contribution in [0.2, 0.25) is 13.1 Å². The van der Waals surface area contributed by atoms with Crippen molar-refractivity contribution >= 4 is 26.6 Å². The Balaban J connectivity index is 2.35. The van der Waals surface area contributed by atoms with Crippen molar-refractivity contribution in [3.63, 3.8) is 0 Å². The van der Waals surface area contributed by atoms with Gasteiger partial charge in [-0.15, -0.1) is 0 Å². The largest absolute Gasteiger partial charge is 0.494 e. The predicted octanol–water partition coefficient (Wildman–Crippen LogP) is 1.68. The van der Waals surface area contributed by atoms with Gasteiger partial charge in [-0.1, -0.05) is 42.5 Å². The van der Waals surface area contributed by atoms with Crippen LogP contribution < -0.4 is 10.6 Å². The molecule has 0 bridgehead atoms. The van der Waals surface area contributed by atoms with Crippen molar-refractivity contribution < 1.29 is 9.31 Å². The van der Waals surface area contributed by atoms with E-state index in [0.717, 1.165) is 0 Å². The van der Waals surface area contributed by atoms with E-state index >= 15 is 0 Å². The molecule has 2 nitrogen and oxygen atoms in total. The molecule has 0 atom stereocenters. The predicted molar refractivity (Wildman–Crippen MR) is 80.7 cm³/mol. The zero-order valence-corrected chi connectivity index (χ0v) is 13.4. The molecule has 0 amide bonds. The van der Waals surface area contributed by atoms with Gasteiger partial charge in [0.1, 0.15) is 0 Å². The third-order valence-electron chi connectivity index (χ3n) is 4.13. The van der Waals surface area contributed by atoms with E-state index in [1.165, 1.54) is 10.6 Å². The van der Waals surface area contributed by atoms with Crippen molar-refractivity contribution in [3.05, 3.63) is 24.3 Å². The van der Waals surface area contributed by atoms with Crippen LogP contribution in [0.15, 0.2) is 24.3 Å². The Morgan fingerprint density at radius 1 is 0.944 bits per heavy atom. The second-order valence-electron chi connectivity index (χ2n) is 6.37. The van der Waals surface area contributed by atoms with Gasteiger partial charge >= 0.3 is 7.12 Å². The lowest BCUT2D eigenvalue weighted by molar-refractivity contribution is 0.00578. The molecule has 0 radical (unpaired) electrons. The summed E-state index contributed by atoms with van der Waals surface area (Å²) in [6.07, 6.45) is 0. The van der Waals surface area contributed by atoms with Crippen LogP contribution >= 0.6 is 0 Å². The molecule has 0 aromatic heterocycles. The fourth-order valence-electron chi connectivity index (χ4n) is 2.22. The number of hydrogen-bond acceptors (Lipinski definition) is 2. The quantitative estimate of drug-likeness (QED) is 0.755. The fraction of sp³-hybridized carbons (Fsp3) is 0.571. The van der Waals surface area contributed by atoms with E-state index < -0.39 is 8.80 Å². The average Bonchev–Trinajstić information content (AvgIpc) is 2.48. The highest BCUT2D eigenvalue weighted by atomic mass is 28.3. The summed E-state index contributed by atoms with van der Waals surface area (Å²) in [7, 11) is -1.09. The molecule has 98 valence electrons. The summed E-state index contributed by atoms with van der Waals surface area (Å²) in [6, 6.07) is 8.54. The highest BCUT2D eigenvalue weighted by Crippen LogP contribution is 2.36. The molecule has 0 N–H and O–H groups in total. The van der Waals surface area contributed by atoms with Gasteiger partial charge in [0.15, 0.2) is 0 Å². The maximum atomic E-state index is 6.14. The minimum Gasteiger partial charge on any atom is -0.399 e. The number of rotatable bonds is 2. The Kier molecular flexibility index (Phi) is 3.47. The Morgan fingerprint density at radius 3 is 1.94 bits per heavy atom. The van der Waals surface area contributed by atoms with Crippen molar-refractivity contribution in [1.82, 2.24) is 0 Å². The zero-order valence-electron chi connectivity index (χ0n) is 12.3. The highest BCUT2D eigenvalue weighted by Gasteiger charge is 2.52. The Labute approximate surface area is 112 Å². The first-order valence-electron chi connectivity index (χ1n) is 6.69. The molecule has 1 aliphatic heterocycles. The van der Waals surface area contributed by atoms with Crippen LogP contribution in [0.4, 0.5) is 0 Å². The minimum atomic E-state index is -0.870. The van der Waals surface area contributed by atoms with Gasteiger partial charge in [0.25, 0.3) is 0 Å². The maximum Gasteiger partial charge on any atom is 0.494 e. The summed E-state index contributed by atoms with van der Waals surface area (Å²) in [5, 5.41) is 1.44. The second kappa shape index (κ2) is 4.51. The molecule has 18 heavy (non-hydrogen) atoms. The third-order valence-corrected chi connectivity index (χ3v) is 5.90. The van der Waals surface area contributed by atoms with Gasteiger partial charge in [0.2, 0.25) is 0 Å². The Hall–Kier alpha value is -0.578. The van der Waals surface area contributed by atoms with Crippen molar-refractivity contribution in [2.24, 2.45) is 0 Å². The molecule has 4 heteroatoms. The average molecular weight is 262 g/mol. The second-order valence-corrected chi connectivity index (χ2v) is 9.30. The zero-order chi connectivity index (χ0) is 13.6. The molecule has 1 aliphatic rings. The Morgan fingerprint density at radius 2 is 1.44 bits per heavy atom. The van der Waals surface area contributed by atoms with Crippen LogP contribution in [0, 0.1) is 0 Å². The molecule has 1 aromatic rings. The summed E-state index contributed by atoms with van der Waals surface area (Å²) in [5.74, 6) is 0. The molecule has 0 aliphatic carbocycles. The lowest BCUT2D eigenvalue weighted by atomic mass is 9.79. The smallest absolute Gasteiger partial charge is 0.399 e. The highest BCUT2D eigenvalue weighted by molar-refractivity contribution is 6.79. The minimum absolute atomic E-state index is 0.221. The van der Waals surface area contributed by atoms with E-state index in [0.29, 0.717) is 0 Å². The lowest BCUT2D eigenvalue weighted by Crippen LogP contribution is -2.48. The van der Waals surface area contributed by atoms with E-state index in [1.54, 1.807) is 0 Å². The van der Waals surface area contributed by atoms with Crippen LogP contribution in [0.25, 0.3) is 0 Å². The van der Waals surface area contributed by atoms with E-state index in [-0.39, 0.29) is 18.3 Å². The van der Waals surface area contributed by atoms with Crippen molar-refractivity contribution in [1.29, 1.82) is 0 Å². The molecular formula is C14H23BO2Si. The first-order valence-corrected chi connectivity index (χ1v) is 9.58. The maximum absolute atomic E-state index is 6.14. The van der Waals surface area contributed by atoms with Crippen LogP contribution in [0.5, 0.6) is 0 Å². The molecule has 0 unspecified atom stereocenters. The number of hydrogen-bond donors (Lipinski definition) is 0.